The van der Waals surface area contributed by atoms with Gasteiger partial charge >= 0.3 is 0 Å². The average molecular weight is 819 g/mol. The fourth-order valence-corrected chi connectivity index (χ4v) is 6.49. The topological polar surface area (TPSA) is 217 Å². The molecule has 250 valence electrons. The van der Waals surface area contributed by atoms with Crippen molar-refractivity contribution in [2.24, 2.45) is 0 Å². The molecule has 0 fully saturated rings. The minimum Gasteiger partial charge on any atom is -0.282 e. The zero-order valence-electron chi connectivity index (χ0n) is 22.6. The summed E-state index contributed by atoms with van der Waals surface area (Å²) in [5, 5.41) is 2.89. The van der Waals surface area contributed by atoms with Gasteiger partial charge in [0.25, 0.3) is 40.5 Å². The Bertz CT molecular complexity index is 1730. The van der Waals surface area contributed by atoms with Crippen LogP contribution < -0.4 is 21.2 Å². The van der Waals surface area contributed by atoms with Gasteiger partial charge in [-0.1, -0.05) is 48.5 Å². The van der Waals surface area contributed by atoms with E-state index in [-0.39, 0.29) is 36.1 Å². The van der Waals surface area contributed by atoms with Crippen LogP contribution in [0.25, 0.3) is 0 Å². The van der Waals surface area contributed by atoms with Crippen LogP contribution in [0.2, 0.25) is 0 Å². The van der Waals surface area contributed by atoms with Crippen LogP contribution in [0.1, 0.15) is 0 Å². The van der Waals surface area contributed by atoms with Crippen LogP contribution in [0.3, 0.4) is 0 Å². The van der Waals surface area contributed by atoms with Gasteiger partial charge in [-0.2, -0.15) is 33.7 Å². The Hall–Kier alpha value is -1.27. The first kappa shape index (κ1) is 43.7. The number of hydrogen-bond donors (Lipinski definition) is 4. The monoisotopic (exact) mass is 818 g/mol. The van der Waals surface area contributed by atoms with Gasteiger partial charge in [0.2, 0.25) is 0 Å². The van der Waals surface area contributed by atoms with Gasteiger partial charge in [-0.05, 0) is 69.7 Å². The second-order valence-electron chi connectivity index (χ2n) is 8.19. The quantitative estimate of drug-likeness (QED) is 0.132. The molecular weight excluding hydrogens is 791 g/mol. The summed E-state index contributed by atoms with van der Waals surface area (Å²) in [5.41, 5.74) is 0. The van der Waals surface area contributed by atoms with Crippen LogP contribution in [0.15, 0.2) is 117 Å². The zero-order chi connectivity index (χ0) is 33.9. The van der Waals surface area contributed by atoms with Crippen molar-refractivity contribution in [2.75, 3.05) is 0 Å². The van der Waals surface area contributed by atoms with E-state index < -0.39 is 40.5 Å². The van der Waals surface area contributed by atoms with Crippen molar-refractivity contribution in [3.05, 3.63) is 97.1 Å². The summed E-state index contributed by atoms with van der Waals surface area (Å²) in [7, 11) is -6.77. The van der Waals surface area contributed by atoms with E-state index in [1.54, 1.807) is 48.5 Å². The Morgan fingerprint density at radius 2 is 0.511 bits per heavy atom. The van der Waals surface area contributed by atoms with E-state index in [1.807, 2.05) is 0 Å². The van der Waals surface area contributed by atoms with Crippen molar-refractivity contribution in [2.45, 2.75) is 19.6 Å². The number of benzene rings is 4. The second-order valence-corrected chi connectivity index (χ2v) is 16.5. The van der Waals surface area contributed by atoms with E-state index >= 15 is 0 Å². The maximum Gasteiger partial charge on any atom is 0.294 e. The molecule has 0 heterocycles. The molecular formula is C24H28NiO12P4S4. The standard InChI is InChI=1S/4C6H7O3PS.Ni/c4*7-11(8,9)6-3-1-2-5(10)4-6;/h4*1-4H,10H2,(H,7,8,9);. The van der Waals surface area contributed by atoms with Crippen molar-refractivity contribution in [1.82, 2.24) is 0 Å². The predicted octanol–water partition coefficient (Wildman–Crippen LogP) is 1.73. The minimum absolute atomic E-state index is 0. The maximum atomic E-state index is 10.5. The van der Waals surface area contributed by atoms with E-state index in [1.165, 1.54) is 48.5 Å². The van der Waals surface area contributed by atoms with Crippen LogP contribution in [0, 0.1) is 0 Å². The maximum absolute atomic E-state index is 10.5. The van der Waals surface area contributed by atoms with Gasteiger partial charge in [0.1, 0.15) is 0 Å². The molecule has 4 aromatic carbocycles. The van der Waals surface area contributed by atoms with Crippen LogP contribution in [-0.2, 0) is 57.0 Å². The summed E-state index contributed by atoms with van der Waals surface area (Å²) in [4.78, 5) is -0.315. The summed E-state index contributed by atoms with van der Waals surface area (Å²) in [6.07, 6.45) is 0. The first-order chi connectivity index (χ1) is 20.0. The van der Waals surface area contributed by atoms with E-state index in [4.69, 9.17) is 18.2 Å². The zero-order valence-corrected chi connectivity index (χ0v) is 31.4. The van der Waals surface area contributed by atoms with E-state index in [2.05, 4.69) is 37.0 Å². The third kappa shape index (κ3) is 18.0. The smallest absolute Gasteiger partial charge is 0.282 e. The molecule has 4 N–H and O–H groups in total. The molecule has 0 aliphatic carbocycles. The molecule has 21 heteroatoms. The molecule has 0 bridgehead atoms. The Morgan fingerprint density at radius 3 is 0.600 bits per heavy atom. The molecule has 0 aromatic heterocycles. The summed E-state index contributed by atoms with van der Waals surface area (Å²) in [5.74, 6) is 0. The molecule has 0 aliphatic heterocycles. The first-order valence-corrected chi connectivity index (χ1v) is 19.4. The molecule has 12 nitrogen and oxygen atoms in total. The van der Waals surface area contributed by atoms with Gasteiger partial charge in [0, 0.05) is 16.5 Å². The van der Waals surface area contributed by atoms with Crippen molar-refractivity contribution >= 4 is 98.6 Å². The first-order valence-electron chi connectivity index (χ1n) is 11.3. The van der Waals surface area contributed by atoms with E-state index in [9.17, 15) is 33.7 Å². The number of rotatable bonds is 4. The molecule has 0 radical (unpaired) electrons. The van der Waals surface area contributed by atoms with Crippen molar-refractivity contribution in [1.29, 1.82) is 0 Å². The molecule has 4 unspecified atom stereocenters. The van der Waals surface area contributed by atoms with Crippen LogP contribution in [0.5, 0.6) is 0 Å². The molecule has 0 spiro atoms. The molecule has 0 saturated carbocycles. The van der Waals surface area contributed by atoms with Gasteiger partial charge < -0.3 is 0 Å². The third-order valence-corrected chi connectivity index (χ3v) is 9.46. The molecule has 0 amide bonds. The molecule has 4 rings (SSSR count). The fourth-order valence-electron chi connectivity index (χ4n) is 2.70. The van der Waals surface area contributed by atoms with E-state index in [0.29, 0.717) is 0 Å². The van der Waals surface area contributed by atoms with Crippen molar-refractivity contribution in [3.8, 4) is 0 Å². The average Bonchev–Trinajstić information content (AvgIpc) is 2.88. The Balaban J connectivity index is 0.000000569. The fraction of sp³-hybridized carbons (Fsp3) is 0. The molecule has 0 saturated heterocycles. The largest absolute Gasteiger partial charge is 0.294 e. The van der Waals surface area contributed by atoms with Gasteiger partial charge in [-0.15, -0.1) is 37.0 Å². The predicted molar refractivity (Wildman–Crippen MR) is 182 cm³/mol. The van der Waals surface area contributed by atoms with Crippen LogP contribution >= 0.6 is 37.0 Å². The van der Waals surface area contributed by atoms with Gasteiger partial charge in [-0.3, -0.25) is 18.2 Å². The Labute approximate surface area is 282 Å². The second kappa shape index (κ2) is 18.9. The van der Waals surface area contributed by atoms with Crippen molar-refractivity contribution < 1.29 is 68.4 Å². The summed E-state index contributed by atoms with van der Waals surface area (Å²) >= 11 is 0. The SMILES string of the molecule is O=S(=O)(O)c1cccc(P)c1.O=S(=O)(O)c1cccc(P)c1.O=S(=O)(O)c1cccc(P)c1.O=S(=O)(O)c1cccc(P)c1.[Ni]. The molecule has 0 aliphatic rings. The van der Waals surface area contributed by atoms with Crippen LogP contribution in [0.4, 0.5) is 0 Å². The summed E-state index contributed by atoms with van der Waals surface area (Å²) in [6, 6.07) is 24.0. The normalized spacial score (nSPS) is 11.2. The van der Waals surface area contributed by atoms with Gasteiger partial charge in [0.05, 0.1) is 19.6 Å². The van der Waals surface area contributed by atoms with Gasteiger partial charge in [-0.25, -0.2) is 0 Å². The molecule has 4 atom stereocenters. The van der Waals surface area contributed by atoms with E-state index in [0.717, 1.165) is 21.2 Å². The Morgan fingerprint density at radius 1 is 0.356 bits per heavy atom. The summed E-state index contributed by atoms with van der Waals surface area (Å²) in [6.45, 7) is 0. The molecule has 4 aromatic rings. The van der Waals surface area contributed by atoms with Gasteiger partial charge in [0.15, 0.2) is 0 Å². The third-order valence-electron chi connectivity index (χ3n) is 4.62. The van der Waals surface area contributed by atoms with Crippen molar-refractivity contribution in [3.63, 3.8) is 0 Å². The molecule has 45 heavy (non-hydrogen) atoms. The van der Waals surface area contributed by atoms with Crippen LogP contribution in [-0.4, -0.2) is 51.9 Å². The summed E-state index contributed by atoms with van der Waals surface area (Å²) < 4.78 is 119. The minimum atomic E-state index is -4.04. The Kier molecular flexibility index (Phi) is 18.4. The number of hydrogen-bond acceptors (Lipinski definition) is 8.